The van der Waals surface area contributed by atoms with E-state index >= 15 is 0 Å². The van der Waals surface area contributed by atoms with Gasteiger partial charge in [0, 0.05) is 6.54 Å². The Morgan fingerprint density at radius 3 is 2.74 bits per heavy atom. The molecule has 8 heteroatoms. The van der Waals surface area contributed by atoms with Crippen LogP contribution < -0.4 is 9.64 Å². The van der Waals surface area contributed by atoms with Gasteiger partial charge in [0.05, 0.1) is 15.6 Å². The normalized spacial score (nSPS) is 17.4. The van der Waals surface area contributed by atoms with Gasteiger partial charge in [-0.2, -0.15) is 0 Å². The number of carbonyl (C=O) groups is 2. The van der Waals surface area contributed by atoms with Crippen molar-refractivity contribution in [2.75, 3.05) is 18.1 Å². The molecular formula is C23H23ClN2O4S. The van der Waals surface area contributed by atoms with Crippen molar-refractivity contribution in [2.24, 2.45) is 4.99 Å². The van der Waals surface area contributed by atoms with Crippen LogP contribution in [0, 0.1) is 6.92 Å². The minimum atomic E-state index is -1.21. The molecule has 3 rings (SSSR count). The van der Waals surface area contributed by atoms with Gasteiger partial charge in [0.2, 0.25) is 0 Å². The number of halogens is 1. The minimum absolute atomic E-state index is 0.139. The van der Waals surface area contributed by atoms with Gasteiger partial charge >= 0.3 is 0 Å². The first-order valence-electron chi connectivity index (χ1n) is 9.84. The summed E-state index contributed by atoms with van der Waals surface area (Å²) in [6.45, 7) is 4.46. The molecule has 1 fully saturated rings. The summed E-state index contributed by atoms with van der Waals surface area (Å²) in [5, 5.41) is 10.3. The van der Waals surface area contributed by atoms with Crippen LogP contribution in [0.15, 0.2) is 52.4 Å². The summed E-state index contributed by atoms with van der Waals surface area (Å²) in [6.07, 6.45) is 1.84. The number of aliphatic imine (C=N–C) groups is 1. The van der Waals surface area contributed by atoms with E-state index in [0.717, 1.165) is 23.2 Å². The monoisotopic (exact) mass is 458 g/mol. The molecule has 1 aliphatic heterocycles. The van der Waals surface area contributed by atoms with Crippen LogP contribution in [-0.2, 0) is 9.59 Å². The number of amides is 1. The van der Waals surface area contributed by atoms with Crippen LogP contribution in [0.2, 0.25) is 5.02 Å². The molecule has 1 saturated heterocycles. The SMILES string of the molecule is CCC/N=C1\S/C(=C\c2ccc(OCC(O)C=O)c(Cl)c2)C(=O)N1c1ccccc1C. The van der Waals surface area contributed by atoms with Crippen LogP contribution in [0.3, 0.4) is 0 Å². The maximum Gasteiger partial charge on any atom is 0.271 e. The number of hydrogen-bond donors (Lipinski definition) is 1. The highest BCUT2D eigenvalue weighted by atomic mass is 35.5. The molecule has 0 aliphatic carbocycles. The Morgan fingerprint density at radius 2 is 2.06 bits per heavy atom. The van der Waals surface area contributed by atoms with Crippen LogP contribution in [0.4, 0.5) is 5.69 Å². The van der Waals surface area contributed by atoms with E-state index in [1.54, 1.807) is 29.2 Å². The summed E-state index contributed by atoms with van der Waals surface area (Å²) in [4.78, 5) is 30.6. The molecule has 162 valence electrons. The average Bonchev–Trinajstić information content (AvgIpc) is 3.06. The molecule has 31 heavy (non-hydrogen) atoms. The fourth-order valence-electron chi connectivity index (χ4n) is 2.90. The molecule has 0 saturated carbocycles. The van der Waals surface area contributed by atoms with Crippen LogP contribution in [-0.4, -0.2) is 41.7 Å². The maximum absolute atomic E-state index is 13.2. The number of nitrogens with zero attached hydrogens (tertiary/aromatic N) is 2. The second-order valence-electron chi connectivity index (χ2n) is 6.91. The van der Waals surface area contributed by atoms with Crippen LogP contribution in [0.25, 0.3) is 6.08 Å². The minimum Gasteiger partial charge on any atom is -0.489 e. The molecule has 1 atom stereocenters. The predicted octanol–water partition coefficient (Wildman–Crippen LogP) is 4.47. The van der Waals surface area contributed by atoms with Crippen LogP contribution in [0.5, 0.6) is 5.75 Å². The number of aliphatic hydroxyl groups is 1. The van der Waals surface area contributed by atoms with Crippen molar-refractivity contribution in [2.45, 2.75) is 26.4 Å². The van der Waals surface area contributed by atoms with Gasteiger partial charge in [0.1, 0.15) is 18.5 Å². The van der Waals surface area contributed by atoms with Gasteiger partial charge in [0.15, 0.2) is 11.5 Å². The Morgan fingerprint density at radius 1 is 1.29 bits per heavy atom. The van der Waals surface area contributed by atoms with Gasteiger partial charge in [-0.25, -0.2) is 0 Å². The number of hydrogen-bond acceptors (Lipinski definition) is 6. The van der Waals surface area contributed by atoms with Crippen molar-refractivity contribution in [3.8, 4) is 5.75 Å². The molecule has 2 aromatic rings. The number of benzene rings is 2. The molecule has 6 nitrogen and oxygen atoms in total. The third-order valence-corrected chi connectivity index (χ3v) is 5.76. The lowest BCUT2D eigenvalue weighted by Gasteiger charge is -2.18. The molecule has 0 spiro atoms. The molecule has 0 radical (unpaired) electrons. The van der Waals surface area contributed by atoms with Crippen molar-refractivity contribution in [3.05, 3.63) is 63.5 Å². The quantitative estimate of drug-likeness (QED) is 0.466. The Balaban J connectivity index is 1.88. The Kier molecular flexibility index (Phi) is 7.90. The fourth-order valence-corrected chi connectivity index (χ4v) is 4.15. The topological polar surface area (TPSA) is 79.2 Å². The Bertz CT molecular complexity index is 1040. The van der Waals surface area contributed by atoms with E-state index in [4.69, 9.17) is 16.3 Å². The number of rotatable bonds is 8. The van der Waals surface area contributed by atoms with Gasteiger partial charge < -0.3 is 14.6 Å². The zero-order chi connectivity index (χ0) is 22.4. The summed E-state index contributed by atoms with van der Waals surface area (Å²) >= 11 is 7.60. The van der Waals surface area contributed by atoms with Gasteiger partial charge in [0.25, 0.3) is 5.91 Å². The smallest absolute Gasteiger partial charge is 0.271 e. The van der Waals surface area contributed by atoms with E-state index in [1.165, 1.54) is 11.8 Å². The van der Waals surface area contributed by atoms with Crippen molar-refractivity contribution in [1.29, 1.82) is 0 Å². The second-order valence-corrected chi connectivity index (χ2v) is 8.32. The number of aldehydes is 1. The summed E-state index contributed by atoms with van der Waals surface area (Å²) in [7, 11) is 0. The summed E-state index contributed by atoms with van der Waals surface area (Å²) in [5.41, 5.74) is 2.53. The zero-order valence-corrected chi connectivity index (χ0v) is 18.8. The third-order valence-electron chi connectivity index (χ3n) is 4.45. The molecule has 1 amide bonds. The van der Waals surface area contributed by atoms with Crippen molar-refractivity contribution >= 4 is 52.5 Å². The van der Waals surface area contributed by atoms with Crippen LogP contribution in [0.1, 0.15) is 24.5 Å². The molecule has 1 unspecified atom stereocenters. The van der Waals surface area contributed by atoms with Crippen molar-refractivity contribution in [3.63, 3.8) is 0 Å². The van der Waals surface area contributed by atoms with Gasteiger partial charge in [-0.15, -0.1) is 0 Å². The maximum atomic E-state index is 13.2. The van der Waals surface area contributed by atoms with E-state index in [9.17, 15) is 14.7 Å². The first kappa shape index (κ1) is 23.1. The lowest BCUT2D eigenvalue weighted by molar-refractivity contribution is -0.116. The van der Waals surface area contributed by atoms with E-state index in [2.05, 4.69) is 4.99 Å². The zero-order valence-electron chi connectivity index (χ0n) is 17.2. The van der Waals surface area contributed by atoms with Crippen molar-refractivity contribution in [1.82, 2.24) is 0 Å². The van der Waals surface area contributed by atoms with E-state index < -0.39 is 6.10 Å². The fraction of sp³-hybridized carbons (Fsp3) is 0.261. The van der Waals surface area contributed by atoms with Crippen LogP contribution >= 0.6 is 23.4 Å². The predicted molar refractivity (Wildman–Crippen MR) is 126 cm³/mol. The van der Waals surface area contributed by atoms with E-state index in [1.807, 2.05) is 38.1 Å². The third kappa shape index (κ3) is 5.55. The molecule has 1 aliphatic rings. The Labute approximate surface area is 190 Å². The highest BCUT2D eigenvalue weighted by Crippen LogP contribution is 2.38. The number of para-hydroxylation sites is 1. The van der Waals surface area contributed by atoms with E-state index in [0.29, 0.717) is 33.7 Å². The first-order chi connectivity index (χ1) is 14.9. The first-order valence-corrected chi connectivity index (χ1v) is 11.0. The largest absolute Gasteiger partial charge is 0.489 e. The number of carbonyl (C=O) groups excluding carboxylic acids is 2. The lowest BCUT2D eigenvalue weighted by atomic mass is 10.1. The highest BCUT2D eigenvalue weighted by Gasteiger charge is 2.35. The van der Waals surface area contributed by atoms with Gasteiger partial charge in [-0.3, -0.25) is 14.7 Å². The number of aliphatic hydroxyl groups excluding tert-OH is 1. The number of amidine groups is 1. The average molecular weight is 459 g/mol. The van der Waals surface area contributed by atoms with E-state index in [-0.39, 0.29) is 12.5 Å². The standard InChI is InChI=1S/C23H23ClN2O4S/c1-3-10-25-23-26(19-7-5-4-6-15(19)2)22(29)21(31-23)12-16-8-9-20(18(24)11-16)30-14-17(28)13-27/h4-9,11-13,17,28H,3,10,14H2,1-2H3/b21-12-,25-23-. The molecule has 1 heterocycles. The van der Waals surface area contributed by atoms with Gasteiger partial charge in [-0.05, 0) is 60.5 Å². The molecule has 0 bridgehead atoms. The molecule has 2 aromatic carbocycles. The number of thioether (sulfide) groups is 1. The Hall–Kier alpha value is -2.61. The van der Waals surface area contributed by atoms with Gasteiger partial charge in [-0.1, -0.05) is 42.8 Å². The second kappa shape index (κ2) is 10.6. The number of anilines is 1. The molecular weight excluding hydrogens is 436 g/mol. The number of ether oxygens (including phenoxy) is 1. The summed E-state index contributed by atoms with van der Waals surface area (Å²) in [5.74, 6) is 0.210. The molecule has 0 aromatic heterocycles. The summed E-state index contributed by atoms with van der Waals surface area (Å²) < 4.78 is 5.35. The van der Waals surface area contributed by atoms with Crippen molar-refractivity contribution < 1.29 is 19.4 Å². The summed E-state index contributed by atoms with van der Waals surface area (Å²) in [6, 6.07) is 12.8. The molecule has 1 N–H and O–H groups in total. The lowest BCUT2D eigenvalue weighted by Crippen LogP contribution is -2.29. The highest BCUT2D eigenvalue weighted by molar-refractivity contribution is 8.19. The number of aryl methyl sites for hydroxylation is 1.